The summed E-state index contributed by atoms with van der Waals surface area (Å²) in [5, 5.41) is 46.9. The maximum absolute atomic E-state index is 14.8. The zero-order valence-electron chi connectivity index (χ0n) is 26.0. The highest BCUT2D eigenvalue weighted by molar-refractivity contribution is 6.24. The number of hydrogen-bond donors (Lipinski definition) is 4. The molecule has 0 aliphatic heterocycles. The van der Waals surface area contributed by atoms with Crippen LogP contribution in [0.1, 0.15) is 104 Å². The number of rotatable bonds is 5. The molecule has 4 aliphatic carbocycles. The normalized spacial score (nSPS) is 34.9. The Morgan fingerprint density at radius 2 is 1.60 bits per heavy atom. The summed E-state index contributed by atoms with van der Waals surface area (Å²) in [6, 6.07) is 4.80. The van der Waals surface area contributed by atoms with Gasteiger partial charge in [-0.05, 0) is 49.1 Å². The Morgan fingerprint density at radius 1 is 1.00 bits per heavy atom. The van der Waals surface area contributed by atoms with Crippen LogP contribution in [-0.4, -0.2) is 49.2 Å². The van der Waals surface area contributed by atoms with Crippen LogP contribution in [0.25, 0.3) is 5.76 Å². The fraction of sp³-hybridized carbons (Fsp3) is 0.600. The molecule has 1 aromatic rings. The van der Waals surface area contributed by atoms with Crippen molar-refractivity contribution in [1.29, 1.82) is 0 Å². The first-order chi connectivity index (χ1) is 20.1. The Labute approximate surface area is 252 Å². The highest BCUT2D eigenvalue weighted by atomic mass is 16.3. The molecule has 2 saturated carbocycles. The first-order valence-electron chi connectivity index (χ1n) is 15.6. The van der Waals surface area contributed by atoms with E-state index in [1.807, 2.05) is 6.92 Å². The van der Waals surface area contributed by atoms with E-state index in [4.69, 9.17) is 0 Å². The topological polar surface area (TPSA) is 149 Å². The summed E-state index contributed by atoms with van der Waals surface area (Å²) in [6.07, 6.45) is 5.30. The van der Waals surface area contributed by atoms with Gasteiger partial charge in [-0.1, -0.05) is 72.4 Å². The molecule has 43 heavy (non-hydrogen) atoms. The van der Waals surface area contributed by atoms with Crippen LogP contribution in [0.15, 0.2) is 35.1 Å². The minimum Gasteiger partial charge on any atom is -0.508 e. The van der Waals surface area contributed by atoms with Gasteiger partial charge in [0.05, 0.1) is 5.56 Å². The lowest BCUT2D eigenvalue weighted by Gasteiger charge is -2.65. The molecule has 0 heterocycles. The molecule has 0 spiro atoms. The van der Waals surface area contributed by atoms with Crippen molar-refractivity contribution in [2.45, 2.75) is 98.0 Å². The first kappa shape index (κ1) is 31.2. The predicted octanol–water partition coefficient (Wildman–Crippen LogP) is 5.91. The number of carbonyl (C=O) groups is 4. The fourth-order valence-electron chi connectivity index (χ4n) is 9.48. The van der Waals surface area contributed by atoms with Gasteiger partial charge in [0, 0.05) is 34.7 Å². The number of aromatic hydroxyl groups is 1. The van der Waals surface area contributed by atoms with Gasteiger partial charge in [0.1, 0.15) is 28.6 Å². The van der Waals surface area contributed by atoms with Gasteiger partial charge in [-0.25, -0.2) is 0 Å². The number of hydrogen-bond acceptors (Lipinski definition) is 8. The van der Waals surface area contributed by atoms with Crippen molar-refractivity contribution in [2.75, 3.05) is 0 Å². The molecule has 5 rings (SSSR count). The van der Waals surface area contributed by atoms with Gasteiger partial charge in [-0.15, -0.1) is 0 Å². The third-order valence-electron chi connectivity index (χ3n) is 11.7. The average molecular weight is 593 g/mol. The van der Waals surface area contributed by atoms with Crippen molar-refractivity contribution >= 4 is 28.9 Å². The molecule has 0 amide bonds. The van der Waals surface area contributed by atoms with Crippen molar-refractivity contribution in [3.8, 4) is 5.75 Å². The van der Waals surface area contributed by atoms with Gasteiger partial charge in [0.25, 0.3) is 0 Å². The summed E-state index contributed by atoms with van der Waals surface area (Å²) >= 11 is 0. The molecule has 4 aliphatic rings. The summed E-state index contributed by atoms with van der Waals surface area (Å²) in [5.41, 5.74) is -6.00. The van der Waals surface area contributed by atoms with Crippen LogP contribution in [0.4, 0.5) is 0 Å². The summed E-state index contributed by atoms with van der Waals surface area (Å²) in [6.45, 7) is 9.88. The van der Waals surface area contributed by atoms with Crippen LogP contribution >= 0.6 is 0 Å². The summed E-state index contributed by atoms with van der Waals surface area (Å²) < 4.78 is 0. The number of aliphatic hydroxyl groups excluding tert-OH is 2. The third kappa shape index (κ3) is 3.97. The highest BCUT2D eigenvalue weighted by Gasteiger charge is 2.76. The molecule has 0 bridgehead atoms. The Bertz CT molecular complexity index is 1470. The molecule has 0 radical (unpaired) electrons. The van der Waals surface area contributed by atoms with E-state index >= 15 is 0 Å². The monoisotopic (exact) mass is 592 g/mol. The second kappa shape index (κ2) is 10.4. The van der Waals surface area contributed by atoms with Crippen molar-refractivity contribution in [2.24, 2.45) is 34.5 Å². The quantitative estimate of drug-likeness (QED) is 0.244. The summed E-state index contributed by atoms with van der Waals surface area (Å²) in [4.78, 5) is 55.9. The van der Waals surface area contributed by atoms with Crippen molar-refractivity contribution in [3.63, 3.8) is 0 Å². The molecule has 6 atom stereocenters. The lowest BCUT2D eigenvalue weighted by atomic mass is 9.37. The van der Waals surface area contributed by atoms with Crippen LogP contribution < -0.4 is 0 Å². The van der Waals surface area contributed by atoms with E-state index in [9.17, 15) is 39.6 Å². The Morgan fingerprint density at radius 3 is 2.16 bits per heavy atom. The van der Waals surface area contributed by atoms with Gasteiger partial charge in [-0.2, -0.15) is 0 Å². The lowest BCUT2D eigenvalue weighted by Crippen LogP contribution is -2.73. The zero-order valence-corrected chi connectivity index (χ0v) is 26.0. The lowest BCUT2D eigenvalue weighted by molar-refractivity contribution is -0.200. The van der Waals surface area contributed by atoms with E-state index in [1.54, 1.807) is 39.8 Å². The van der Waals surface area contributed by atoms with Gasteiger partial charge in [0.2, 0.25) is 5.78 Å². The third-order valence-corrected chi connectivity index (χ3v) is 11.7. The zero-order chi connectivity index (χ0) is 31.8. The molecule has 8 heteroatoms. The number of Topliss-reactive ketones (excluding diaryl/α,β-unsaturated/α-hetero) is 4. The number of fused-ring (bicyclic) bond motifs is 3. The average Bonchev–Trinajstić information content (AvgIpc) is 3.22. The van der Waals surface area contributed by atoms with E-state index in [2.05, 4.69) is 0 Å². The standard InChI is InChI=1S/C35H44O8/c1-17(2)27-29(39)25(19(4)36)31(41)35(43)32(42)28-30(40)26-21(14-11-15-22(26)37)18(3)33(28,5)24(34(27,35)6)16-23(38)20-12-9-7-8-10-13-20/h11,14-15,17-18,20,24,27,37,40-41,43H,7-10,12-13,16H2,1-6H3/t18-,24-,27?,33-,34-,35+/m1/s1. The number of carbonyl (C=O) groups excluding carboxylic acids is 4. The Hall–Kier alpha value is -3.26. The van der Waals surface area contributed by atoms with Crippen LogP contribution in [0.5, 0.6) is 5.75 Å². The molecule has 1 unspecified atom stereocenters. The first-order valence-corrected chi connectivity index (χ1v) is 15.6. The van der Waals surface area contributed by atoms with E-state index in [1.165, 1.54) is 6.07 Å². The van der Waals surface area contributed by atoms with E-state index in [-0.39, 0.29) is 35.0 Å². The van der Waals surface area contributed by atoms with Crippen molar-refractivity contribution in [3.05, 3.63) is 46.2 Å². The Balaban J connectivity index is 1.87. The largest absolute Gasteiger partial charge is 0.508 e. The number of phenols is 1. The fourth-order valence-corrected chi connectivity index (χ4v) is 9.48. The molecule has 2 fully saturated rings. The highest BCUT2D eigenvalue weighted by Crippen LogP contribution is 2.71. The summed E-state index contributed by atoms with van der Waals surface area (Å²) in [5.74, 6) is -7.55. The van der Waals surface area contributed by atoms with Crippen LogP contribution in [0, 0.1) is 34.5 Å². The number of benzene rings is 1. The second-order valence-corrected chi connectivity index (χ2v) is 14.1. The predicted molar refractivity (Wildman–Crippen MR) is 160 cm³/mol. The van der Waals surface area contributed by atoms with E-state index < -0.39 is 74.5 Å². The number of allylic oxidation sites excluding steroid dienone is 1. The molecule has 1 aromatic carbocycles. The molecular weight excluding hydrogens is 548 g/mol. The van der Waals surface area contributed by atoms with Crippen LogP contribution in [0.3, 0.4) is 0 Å². The van der Waals surface area contributed by atoms with Gasteiger partial charge >= 0.3 is 0 Å². The minimum atomic E-state index is -2.78. The number of phenolic OH excluding ortho intramolecular Hbond substituents is 1. The van der Waals surface area contributed by atoms with Crippen LogP contribution in [-0.2, 0) is 19.2 Å². The molecule has 0 saturated heterocycles. The molecule has 8 nitrogen and oxygen atoms in total. The SMILES string of the molecule is CC(=O)C1=C(O)[C@]2(O)C(=O)C3=C(O)c4c(O)cccc4[C@@H](C)[C@]3(C)[C@@H](CC(=O)C3CCCCCC3)[C@]2(C)C(C(C)C)C1=O. The minimum absolute atomic E-state index is 0.0328. The second-order valence-electron chi connectivity index (χ2n) is 14.1. The number of ketones is 4. The van der Waals surface area contributed by atoms with Gasteiger partial charge in [-0.3, -0.25) is 19.2 Å². The van der Waals surface area contributed by atoms with Crippen molar-refractivity contribution in [1.82, 2.24) is 0 Å². The molecule has 4 N–H and O–H groups in total. The number of aliphatic hydroxyl groups is 3. The maximum Gasteiger partial charge on any atom is 0.203 e. The van der Waals surface area contributed by atoms with E-state index in [0.717, 1.165) is 45.4 Å². The molecular formula is C35H44O8. The van der Waals surface area contributed by atoms with Crippen molar-refractivity contribution < 1.29 is 39.6 Å². The van der Waals surface area contributed by atoms with Gasteiger partial charge < -0.3 is 20.4 Å². The van der Waals surface area contributed by atoms with E-state index in [0.29, 0.717) is 5.56 Å². The molecule has 0 aromatic heterocycles. The van der Waals surface area contributed by atoms with Gasteiger partial charge in [0.15, 0.2) is 17.2 Å². The smallest absolute Gasteiger partial charge is 0.203 e. The maximum atomic E-state index is 14.8. The molecule has 232 valence electrons. The summed E-state index contributed by atoms with van der Waals surface area (Å²) in [7, 11) is 0. The Kier molecular flexibility index (Phi) is 7.56. The van der Waals surface area contributed by atoms with Crippen LogP contribution in [0.2, 0.25) is 0 Å².